The Kier molecular flexibility index (Phi) is 8.80. The van der Waals surface area contributed by atoms with Crippen molar-refractivity contribution in [1.82, 2.24) is 0 Å². The minimum atomic E-state index is -0.571. The summed E-state index contributed by atoms with van der Waals surface area (Å²) >= 11 is 10.9. The zero-order valence-corrected chi connectivity index (χ0v) is 17.0. The number of nitrogens with one attached hydrogen (secondary N) is 2. The van der Waals surface area contributed by atoms with Crippen LogP contribution in [0.1, 0.15) is 0 Å². The Hall–Kier alpha value is -0.914. The predicted octanol–water partition coefficient (Wildman–Crippen LogP) is 0.677. The number of nitrogens with zero attached hydrogens (tertiary/aromatic N) is 1. The number of rotatable bonds is 4. The number of para-hydroxylation sites is 1. The maximum Gasteiger partial charge on any atom is 1.00 e. The van der Waals surface area contributed by atoms with Gasteiger partial charge >= 0.3 is 51.4 Å². The Bertz CT molecular complexity index is 742. The van der Waals surface area contributed by atoms with Crippen LogP contribution in [0, 0.1) is 11.3 Å². The fraction of sp³-hybridized carbons (Fsp3) is 0. The van der Waals surface area contributed by atoms with Crippen LogP contribution in [0.3, 0.4) is 0 Å². The van der Waals surface area contributed by atoms with E-state index in [4.69, 9.17) is 24.2 Å². The standard InChI is InChI=1S/C16H12ClN3OS.K/c17-11-6-8-13(9-7-11)19-15(21)14(10-18)16(22)20-12-4-2-1-3-5-12;/h1-9,20,22H,(H,19,21);/q;+1/p-1/b16-14-;. The molecule has 4 nitrogen and oxygen atoms in total. The molecule has 0 saturated carbocycles. The number of anilines is 2. The summed E-state index contributed by atoms with van der Waals surface area (Å²) in [6.45, 7) is 0. The minimum absolute atomic E-state index is 0. The normalized spacial score (nSPS) is 10.6. The first-order valence-electron chi connectivity index (χ1n) is 6.30. The van der Waals surface area contributed by atoms with Gasteiger partial charge in [-0.2, -0.15) is 5.26 Å². The molecule has 7 heteroatoms. The Morgan fingerprint density at radius 3 is 2.13 bits per heavy atom. The van der Waals surface area contributed by atoms with Gasteiger partial charge in [-0.15, -0.1) is 0 Å². The number of benzene rings is 2. The van der Waals surface area contributed by atoms with E-state index in [0.29, 0.717) is 16.4 Å². The Balaban J connectivity index is 0.00000264. The molecule has 0 radical (unpaired) electrons. The number of halogens is 1. The van der Waals surface area contributed by atoms with Gasteiger partial charge in [-0.3, -0.25) is 4.79 Å². The molecule has 110 valence electrons. The summed E-state index contributed by atoms with van der Waals surface area (Å²) in [5.74, 6) is -0.571. The molecule has 2 N–H and O–H groups in total. The molecule has 1 amide bonds. The van der Waals surface area contributed by atoms with Gasteiger partial charge in [-0.25, -0.2) is 0 Å². The van der Waals surface area contributed by atoms with Crippen molar-refractivity contribution in [2.75, 3.05) is 10.6 Å². The van der Waals surface area contributed by atoms with Gasteiger partial charge < -0.3 is 23.3 Å². The van der Waals surface area contributed by atoms with Gasteiger partial charge in [0, 0.05) is 16.4 Å². The smallest absolute Gasteiger partial charge is 0.761 e. The Morgan fingerprint density at radius 1 is 1.00 bits per heavy atom. The molecule has 2 aromatic rings. The maximum absolute atomic E-state index is 12.1. The molecule has 0 saturated heterocycles. The van der Waals surface area contributed by atoms with Gasteiger partial charge in [0.15, 0.2) is 0 Å². The van der Waals surface area contributed by atoms with Crippen LogP contribution in [0.2, 0.25) is 5.02 Å². The monoisotopic (exact) mass is 367 g/mol. The molecule has 2 rings (SSSR count). The first-order chi connectivity index (χ1) is 10.6. The summed E-state index contributed by atoms with van der Waals surface area (Å²) in [5, 5.41) is 15.3. The van der Waals surface area contributed by atoms with Crippen molar-refractivity contribution >= 4 is 41.5 Å². The molecule has 0 aliphatic rings. The van der Waals surface area contributed by atoms with Crippen LogP contribution in [-0.2, 0) is 17.4 Å². The molecule has 0 unspecified atom stereocenters. The number of amides is 1. The maximum atomic E-state index is 12.1. The van der Waals surface area contributed by atoms with E-state index in [1.165, 1.54) is 0 Å². The van der Waals surface area contributed by atoms with Crippen molar-refractivity contribution in [2.45, 2.75) is 0 Å². The Morgan fingerprint density at radius 2 is 1.57 bits per heavy atom. The van der Waals surface area contributed by atoms with Crippen molar-refractivity contribution in [3.8, 4) is 6.07 Å². The molecule has 0 atom stereocenters. The molecule has 0 aromatic heterocycles. The predicted molar refractivity (Wildman–Crippen MR) is 90.2 cm³/mol. The van der Waals surface area contributed by atoms with E-state index in [1.54, 1.807) is 36.4 Å². The van der Waals surface area contributed by atoms with Gasteiger partial charge in [0.1, 0.15) is 11.6 Å². The second kappa shape index (κ2) is 10.1. The summed E-state index contributed by atoms with van der Waals surface area (Å²) in [6.07, 6.45) is 0. The van der Waals surface area contributed by atoms with Crippen molar-refractivity contribution in [1.29, 1.82) is 5.26 Å². The zero-order valence-electron chi connectivity index (χ0n) is 12.3. The number of hydrogen-bond acceptors (Lipinski definition) is 4. The number of carbonyl (C=O) groups excluding carboxylic acids is 1. The van der Waals surface area contributed by atoms with E-state index in [0.717, 1.165) is 0 Å². The van der Waals surface area contributed by atoms with E-state index in [1.807, 2.05) is 24.3 Å². The van der Waals surface area contributed by atoms with Gasteiger partial charge in [0.25, 0.3) is 5.91 Å². The largest absolute Gasteiger partial charge is 1.00 e. The first kappa shape index (κ1) is 20.1. The second-order valence-electron chi connectivity index (χ2n) is 4.27. The molecular formula is C16H11ClKN3OS. The minimum Gasteiger partial charge on any atom is -0.761 e. The molecule has 0 spiro atoms. The quantitative estimate of drug-likeness (QED) is 0.361. The molecule has 23 heavy (non-hydrogen) atoms. The fourth-order valence-electron chi connectivity index (χ4n) is 1.65. The molecule has 0 bridgehead atoms. The average Bonchev–Trinajstić information content (AvgIpc) is 2.51. The van der Waals surface area contributed by atoms with E-state index in [9.17, 15) is 10.1 Å². The average molecular weight is 368 g/mol. The molecule has 0 fully saturated rings. The summed E-state index contributed by atoms with van der Waals surface area (Å²) in [5.41, 5.74) is 1.08. The number of hydrogen-bond donors (Lipinski definition) is 2. The van der Waals surface area contributed by atoms with Gasteiger partial charge in [0.05, 0.1) is 0 Å². The van der Waals surface area contributed by atoms with Crippen molar-refractivity contribution < 1.29 is 56.2 Å². The van der Waals surface area contributed by atoms with E-state index in [-0.39, 0.29) is 62.0 Å². The molecule has 0 aliphatic heterocycles. The van der Waals surface area contributed by atoms with Crippen LogP contribution in [0.15, 0.2) is 65.2 Å². The summed E-state index contributed by atoms with van der Waals surface area (Å²) < 4.78 is 0. The van der Waals surface area contributed by atoms with Crippen LogP contribution in [0.25, 0.3) is 0 Å². The van der Waals surface area contributed by atoms with Gasteiger partial charge in [-0.1, -0.05) is 34.8 Å². The van der Waals surface area contributed by atoms with Crippen molar-refractivity contribution in [2.24, 2.45) is 0 Å². The number of carbonyl (C=O) groups is 1. The third-order valence-electron chi connectivity index (χ3n) is 2.70. The van der Waals surface area contributed by atoms with E-state index >= 15 is 0 Å². The van der Waals surface area contributed by atoms with Gasteiger partial charge in [0.2, 0.25) is 0 Å². The summed E-state index contributed by atoms with van der Waals surface area (Å²) in [6, 6.07) is 17.5. The third kappa shape index (κ3) is 6.24. The summed E-state index contributed by atoms with van der Waals surface area (Å²) in [4.78, 5) is 12.1. The van der Waals surface area contributed by atoms with Crippen molar-refractivity contribution in [3.05, 3.63) is 70.2 Å². The topological polar surface area (TPSA) is 64.9 Å². The molecular weight excluding hydrogens is 357 g/mol. The SMILES string of the molecule is N#C/C(C(=O)Nc1ccc(Cl)cc1)=C(/[S-])Nc1ccccc1.[K+]. The molecule has 0 aliphatic carbocycles. The second-order valence-corrected chi connectivity index (χ2v) is 5.11. The first-order valence-corrected chi connectivity index (χ1v) is 7.09. The van der Waals surface area contributed by atoms with Gasteiger partial charge in [-0.05, 0) is 36.4 Å². The van der Waals surface area contributed by atoms with E-state index in [2.05, 4.69) is 10.6 Å². The van der Waals surface area contributed by atoms with Crippen LogP contribution in [0.5, 0.6) is 0 Å². The molecule has 0 heterocycles. The van der Waals surface area contributed by atoms with Crippen LogP contribution in [-0.4, -0.2) is 5.91 Å². The van der Waals surface area contributed by atoms with Crippen molar-refractivity contribution in [3.63, 3.8) is 0 Å². The summed E-state index contributed by atoms with van der Waals surface area (Å²) in [7, 11) is 0. The third-order valence-corrected chi connectivity index (χ3v) is 3.26. The van der Waals surface area contributed by atoms with Crippen LogP contribution in [0.4, 0.5) is 11.4 Å². The molecule has 2 aromatic carbocycles. The van der Waals surface area contributed by atoms with E-state index < -0.39 is 5.91 Å². The van der Waals surface area contributed by atoms with Crippen LogP contribution < -0.4 is 62.0 Å². The van der Waals surface area contributed by atoms with Crippen LogP contribution >= 0.6 is 11.6 Å². The number of nitriles is 1. The Labute approximate surface area is 187 Å². The zero-order chi connectivity index (χ0) is 15.9. The fourth-order valence-corrected chi connectivity index (χ4v) is 2.03.